The molecule has 1 aromatic heterocycles. The first kappa shape index (κ1) is 14.9. The number of aromatic nitrogens is 2. The van der Waals surface area contributed by atoms with Crippen LogP contribution in [0, 0.1) is 5.92 Å². The van der Waals surface area contributed by atoms with Gasteiger partial charge in [0.25, 0.3) is 5.56 Å². The van der Waals surface area contributed by atoms with Crippen molar-refractivity contribution in [1.29, 1.82) is 0 Å². The Morgan fingerprint density at radius 3 is 2.50 bits per heavy atom. The van der Waals surface area contributed by atoms with E-state index in [-0.39, 0.29) is 5.56 Å². The van der Waals surface area contributed by atoms with E-state index in [0.717, 1.165) is 30.1 Å². The zero-order chi connectivity index (χ0) is 16.5. The van der Waals surface area contributed by atoms with Crippen molar-refractivity contribution in [3.8, 4) is 11.4 Å². The lowest BCUT2D eigenvalue weighted by atomic mass is 9.98. The molecule has 2 heterocycles. The zero-order valence-electron chi connectivity index (χ0n) is 13.8. The summed E-state index contributed by atoms with van der Waals surface area (Å²) in [5.41, 5.74) is 2.82. The molecule has 4 nitrogen and oxygen atoms in total. The van der Waals surface area contributed by atoms with Gasteiger partial charge in [0.1, 0.15) is 5.82 Å². The molecule has 1 fully saturated rings. The summed E-state index contributed by atoms with van der Waals surface area (Å²) in [6, 6.07) is 15.8. The molecule has 1 aliphatic rings. The second-order valence-corrected chi connectivity index (χ2v) is 6.65. The lowest BCUT2D eigenvalue weighted by molar-refractivity contribution is 0.438. The molecule has 0 atom stereocenters. The number of hydrogen-bond acceptors (Lipinski definition) is 3. The van der Waals surface area contributed by atoms with E-state index in [1.165, 1.54) is 18.5 Å². The summed E-state index contributed by atoms with van der Waals surface area (Å²) >= 11 is 0. The number of nitrogens with zero attached hydrogens (tertiary/aromatic N) is 2. The number of aromatic amines is 1. The van der Waals surface area contributed by atoms with Gasteiger partial charge < -0.3 is 9.88 Å². The third kappa shape index (κ3) is 2.80. The number of nitrogens with one attached hydrogen (secondary N) is 1. The number of para-hydroxylation sites is 1. The standard InChI is InChI=1S/C20H21N3O/c1-14-10-12-23(13-11-14)16-8-6-15(7-9-16)19-21-18-5-3-2-4-17(18)20(24)22-19/h2-9,14H,10-13H2,1H3,(H,21,22,24). The fraction of sp³-hybridized carbons (Fsp3) is 0.300. The molecule has 4 heteroatoms. The van der Waals surface area contributed by atoms with Gasteiger partial charge in [-0.15, -0.1) is 0 Å². The molecule has 0 saturated carbocycles. The third-order valence-electron chi connectivity index (χ3n) is 4.90. The quantitative estimate of drug-likeness (QED) is 0.781. The van der Waals surface area contributed by atoms with E-state index in [4.69, 9.17) is 0 Å². The van der Waals surface area contributed by atoms with E-state index in [0.29, 0.717) is 11.2 Å². The number of anilines is 1. The number of benzene rings is 2. The van der Waals surface area contributed by atoms with Crippen LogP contribution in [-0.2, 0) is 0 Å². The number of rotatable bonds is 2. The molecule has 1 aliphatic heterocycles. The number of piperidine rings is 1. The van der Waals surface area contributed by atoms with Crippen molar-refractivity contribution in [2.75, 3.05) is 18.0 Å². The first-order chi connectivity index (χ1) is 11.7. The summed E-state index contributed by atoms with van der Waals surface area (Å²) in [5, 5.41) is 0.625. The van der Waals surface area contributed by atoms with Gasteiger partial charge in [-0.25, -0.2) is 4.98 Å². The SMILES string of the molecule is CC1CCN(c2ccc(-c3nc4ccccc4c(=O)[nH]3)cc2)CC1. The predicted molar refractivity (Wildman–Crippen MR) is 98.4 cm³/mol. The Balaban J connectivity index is 1.64. The fourth-order valence-electron chi connectivity index (χ4n) is 3.32. The summed E-state index contributed by atoms with van der Waals surface area (Å²) in [4.78, 5) is 22.1. The summed E-state index contributed by atoms with van der Waals surface area (Å²) in [6.45, 7) is 4.55. The van der Waals surface area contributed by atoms with Gasteiger partial charge in [0.05, 0.1) is 10.9 Å². The highest BCUT2D eigenvalue weighted by Gasteiger charge is 2.16. The van der Waals surface area contributed by atoms with E-state index in [1.807, 2.05) is 30.3 Å². The van der Waals surface area contributed by atoms with Crippen molar-refractivity contribution in [3.05, 3.63) is 58.9 Å². The zero-order valence-corrected chi connectivity index (χ0v) is 13.8. The van der Waals surface area contributed by atoms with Gasteiger partial charge in [-0.05, 0) is 55.2 Å². The Morgan fingerprint density at radius 1 is 1.04 bits per heavy atom. The molecule has 0 unspecified atom stereocenters. The maximum atomic E-state index is 12.2. The molecule has 3 aromatic rings. The van der Waals surface area contributed by atoms with Gasteiger partial charge in [0.2, 0.25) is 0 Å². The average molecular weight is 319 g/mol. The molecule has 2 aromatic carbocycles. The van der Waals surface area contributed by atoms with Crippen LogP contribution in [0.4, 0.5) is 5.69 Å². The van der Waals surface area contributed by atoms with Crippen LogP contribution in [0.25, 0.3) is 22.3 Å². The summed E-state index contributed by atoms with van der Waals surface area (Å²) in [7, 11) is 0. The average Bonchev–Trinajstić information content (AvgIpc) is 2.62. The number of H-pyrrole nitrogens is 1. The first-order valence-electron chi connectivity index (χ1n) is 8.55. The van der Waals surface area contributed by atoms with Crippen LogP contribution in [0.2, 0.25) is 0 Å². The Bertz CT molecular complexity index is 906. The van der Waals surface area contributed by atoms with Crippen molar-refractivity contribution >= 4 is 16.6 Å². The summed E-state index contributed by atoms with van der Waals surface area (Å²) in [5.74, 6) is 1.45. The topological polar surface area (TPSA) is 49.0 Å². The minimum atomic E-state index is -0.0929. The van der Waals surface area contributed by atoms with Crippen LogP contribution in [0.15, 0.2) is 53.3 Å². The minimum absolute atomic E-state index is 0.0929. The van der Waals surface area contributed by atoms with Gasteiger partial charge >= 0.3 is 0 Å². The highest BCUT2D eigenvalue weighted by atomic mass is 16.1. The van der Waals surface area contributed by atoms with Gasteiger partial charge in [-0.2, -0.15) is 0 Å². The molecule has 0 bridgehead atoms. The van der Waals surface area contributed by atoms with Crippen LogP contribution >= 0.6 is 0 Å². The van der Waals surface area contributed by atoms with Crippen molar-refractivity contribution in [1.82, 2.24) is 9.97 Å². The fourth-order valence-corrected chi connectivity index (χ4v) is 3.32. The van der Waals surface area contributed by atoms with Gasteiger partial charge in [0.15, 0.2) is 0 Å². The monoisotopic (exact) mass is 319 g/mol. The highest BCUT2D eigenvalue weighted by Crippen LogP contribution is 2.25. The van der Waals surface area contributed by atoms with E-state index in [1.54, 1.807) is 6.07 Å². The highest BCUT2D eigenvalue weighted by molar-refractivity contribution is 5.79. The van der Waals surface area contributed by atoms with Crippen molar-refractivity contribution in [2.24, 2.45) is 5.92 Å². The molecule has 0 aliphatic carbocycles. The molecule has 0 radical (unpaired) electrons. The van der Waals surface area contributed by atoms with Crippen LogP contribution in [-0.4, -0.2) is 23.1 Å². The molecule has 24 heavy (non-hydrogen) atoms. The van der Waals surface area contributed by atoms with E-state index >= 15 is 0 Å². The van der Waals surface area contributed by atoms with Gasteiger partial charge in [-0.3, -0.25) is 4.79 Å². The summed E-state index contributed by atoms with van der Waals surface area (Å²) < 4.78 is 0. The Morgan fingerprint density at radius 2 is 1.75 bits per heavy atom. The van der Waals surface area contributed by atoms with Crippen molar-refractivity contribution < 1.29 is 0 Å². The van der Waals surface area contributed by atoms with Crippen molar-refractivity contribution in [3.63, 3.8) is 0 Å². The molecular formula is C20H21N3O. The molecule has 122 valence electrons. The number of hydrogen-bond donors (Lipinski definition) is 1. The normalized spacial score (nSPS) is 15.8. The van der Waals surface area contributed by atoms with Crippen LogP contribution in [0.5, 0.6) is 0 Å². The van der Waals surface area contributed by atoms with E-state index < -0.39 is 0 Å². The Labute approximate surface area is 141 Å². The predicted octanol–water partition coefficient (Wildman–Crippen LogP) is 3.83. The van der Waals surface area contributed by atoms with E-state index in [9.17, 15) is 4.79 Å². The molecular weight excluding hydrogens is 298 g/mol. The third-order valence-corrected chi connectivity index (χ3v) is 4.90. The van der Waals surface area contributed by atoms with Gasteiger partial charge in [-0.1, -0.05) is 19.1 Å². The lowest BCUT2D eigenvalue weighted by Crippen LogP contribution is -2.32. The molecule has 0 amide bonds. The van der Waals surface area contributed by atoms with Gasteiger partial charge in [0, 0.05) is 24.3 Å². The second-order valence-electron chi connectivity index (χ2n) is 6.65. The lowest BCUT2D eigenvalue weighted by Gasteiger charge is -2.32. The Hall–Kier alpha value is -2.62. The van der Waals surface area contributed by atoms with Crippen molar-refractivity contribution in [2.45, 2.75) is 19.8 Å². The molecule has 4 rings (SSSR count). The molecule has 1 N–H and O–H groups in total. The van der Waals surface area contributed by atoms with E-state index in [2.05, 4.69) is 33.9 Å². The maximum absolute atomic E-state index is 12.2. The molecule has 0 spiro atoms. The maximum Gasteiger partial charge on any atom is 0.259 e. The second kappa shape index (κ2) is 6.11. The van der Waals surface area contributed by atoms with Crippen LogP contribution < -0.4 is 10.5 Å². The largest absolute Gasteiger partial charge is 0.372 e. The first-order valence-corrected chi connectivity index (χ1v) is 8.55. The smallest absolute Gasteiger partial charge is 0.259 e. The summed E-state index contributed by atoms with van der Waals surface area (Å²) in [6.07, 6.45) is 2.50. The molecule has 1 saturated heterocycles. The Kier molecular flexibility index (Phi) is 3.81. The minimum Gasteiger partial charge on any atom is -0.372 e. The van der Waals surface area contributed by atoms with Crippen LogP contribution in [0.1, 0.15) is 19.8 Å². The van der Waals surface area contributed by atoms with Crippen LogP contribution in [0.3, 0.4) is 0 Å². The number of fused-ring (bicyclic) bond motifs is 1.